The number of ether oxygens (including phenoxy) is 1. The fourth-order valence-electron chi connectivity index (χ4n) is 1.31. The van der Waals surface area contributed by atoms with E-state index < -0.39 is 0 Å². The molecule has 1 rings (SSSR count). The summed E-state index contributed by atoms with van der Waals surface area (Å²) in [4.78, 5) is 13.1. The second kappa shape index (κ2) is 6.23. The Morgan fingerprint density at radius 1 is 1.44 bits per heavy atom. The number of amides is 1. The van der Waals surface area contributed by atoms with E-state index in [0.717, 1.165) is 5.56 Å². The minimum atomic E-state index is 0. The first-order valence-corrected chi connectivity index (χ1v) is 4.67. The molecule has 0 heterocycles. The number of halogens is 1. The minimum Gasteiger partial charge on any atom is -0.494 e. The van der Waals surface area contributed by atoms with E-state index >= 15 is 0 Å². The Kier molecular flexibility index (Phi) is 5.67. The van der Waals surface area contributed by atoms with Crippen molar-refractivity contribution in [1.82, 2.24) is 4.90 Å². The van der Waals surface area contributed by atoms with Crippen molar-refractivity contribution in [3.8, 4) is 5.75 Å². The molecular formula is C11H17ClN2O2. The number of hydrogen-bond acceptors (Lipinski definition) is 3. The van der Waals surface area contributed by atoms with Crippen molar-refractivity contribution < 1.29 is 9.53 Å². The first-order valence-electron chi connectivity index (χ1n) is 4.67. The van der Waals surface area contributed by atoms with Crippen LogP contribution >= 0.6 is 12.4 Å². The number of para-hydroxylation sites is 1. The number of nitrogen functional groups attached to an aromatic ring is 1. The monoisotopic (exact) mass is 244 g/mol. The Morgan fingerprint density at radius 3 is 2.56 bits per heavy atom. The third-order valence-electron chi connectivity index (χ3n) is 2.17. The van der Waals surface area contributed by atoms with Crippen LogP contribution in [0.5, 0.6) is 5.75 Å². The van der Waals surface area contributed by atoms with Gasteiger partial charge in [-0.2, -0.15) is 0 Å². The molecule has 1 amide bonds. The Labute approximate surface area is 102 Å². The van der Waals surface area contributed by atoms with E-state index in [4.69, 9.17) is 10.5 Å². The molecule has 4 nitrogen and oxygen atoms in total. The molecule has 0 radical (unpaired) electrons. The molecule has 1 aromatic carbocycles. The number of anilines is 1. The highest BCUT2D eigenvalue weighted by Crippen LogP contribution is 2.26. The lowest BCUT2D eigenvalue weighted by Gasteiger charge is -2.13. The van der Waals surface area contributed by atoms with Gasteiger partial charge in [-0.1, -0.05) is 12.1 Å². The highest BCUT2D eigenvalue weighted by molar-refractivity contribution is 5.85. The number of carbonyl (C=O) groups is 1. The lowest BCUT2D eigenvalue weighted by Crippen LogP contribution is -2.23. The van der Waals surface area contributed by atoms with Crippen LogP contribution in [0, 0.1) is 0 Å². The fraction of sp³-hybridized carbons (Fsp3) is 0.364. The zero-order chi connectivity index (χ0) is 11.4. The number of benzene rings is 1. The number of nitrogens with zero attached hydrogens (tertiary/aromatic N) is 1. The number of hydrogen-bond donors (Lipinski definition) is 1. The lowest BCUT2D eigenvalue weighted by molar-refractivity contribution is -0.127. The van der Waals surface area contributed by atoms with Gasteiger partial charge in [0.2, 0.25) is 5.91 Å². The van der Waals surface area contributed by atoms with E-state index in [-0.39, 0.29) is 18.3 Å². The molecule has 0 atom stereocenters. The Morgan fingerprint density at radius 2 is 2.06 bits per heavy atom. The predicted octanol–water partition coefficient (Wildman–Crippen LogP) is 1.33. The standard InChI is InChI=1S/C11H16N2O2.ClH/c1-13(2)10(14)7-8-5-4-6-9(12)11(8)15-3;/h4-6H,7,12H2,1-3H3;1H. The zero-order valence-corrected chi connectivity index (χ0v) is 10.5. The van der Waals surface area contributed by atoms with Crippen molar-refractivity contribution in [2.45, 2.75) is 6.42 Å². The molecule has 0 aromatic heterocycles. The third-order valence-corrected chi connectivity index (χ3v) is 2.17. The average molecular weight is 245 g/mol. The molecule has 0 aliphatic carbocycles. The molecule has 0 unspecified atom stereocenters. The fourth-order valence-corrected chi connectivity index (χ4v) is 1.31. The van der Waals surface area contributed by atoms with Crippen LogP contribution < -0.4 is 10.5 Å². The van der Waals surface area contributed by atoms with Crippen LogP contribution in [0.2, 0.25) is 0 Å². The molecule has 0 aliphatic rings. The number of rotatable bonds is 3. The number of nitrogens with two attached hydrogens (primary N) is 1. The predicted molar refractivity (Wildman–Crippen MR) is 67.1 cm³/mol. The lowest BCUT2D eigenvalue weighted by atomic mass is 10.1. The maximum atomic E-state index is 11.5. The maximum Gasteiger partial charge on any atom is 0.226 e. The second-order valence-corrected chi connectivity index (χ2v) is 3.50. The van der Waals surface area contributed by atoms with Gasteiger partial charge in [0.05, 0.1) is 19.2 Å². The van der Waals surface area contributed by atoms with Gasteiger partial charge in [0.25, 0.3) is 0 Å². The van der Waals surface area contributed by atoms with Crippen LogP contribution in [0.3, 0.4) is 0 Å². The van der Waals surface area contributed by atoms with Gasteiger partial charge in [-0.15, -0.1) is 12.4 Å². The van der Waals surface area contributed by atoms with Crippen LogP contribution in [-0.2, 0) is 11.2 Å². The molecule has 0 aliphatic heterocycles. The van der Waals surface area contributed by atoms with Crippen molar-refractivity contribution >= 4 is 24.0 Å². The summed E-state index contributed by atoms with van der Waals surface area (Å²) in [6, 6.07) is 5.41. The van der Waals surface area contributed by atoms with E-state index in [9.17, 15) is 4.79 Å². The Bertz CT molecular complexity index is 367. The first-order chi connectivity index (χ1) is 7.06. The number of methoxy groups -OCH3 is 1. The van der Waals surface area contributed by atoms with Crippen LogP contribution in [0.1, 0.15) is 5.56 Å². The summed E-state index contributed by atoms with van der Waals surface area (Å²) >= 11 is 0. The highest BCUT2D eigenvalue weighted by atomic mass is 35.5. The van der Waals surface area contributed by atoms with Crippen LogP contribution in [-0.4, -0.2) is 32.0 Å². The van der Waals surface area contributed by atoms with Crippen molar-refractivity contribution in [1.29, 1.82) is 0 Å². The summed E-state index contributed by atoms with van der Waals surface area (Å²) in [5.74, 6) is 0.617. The van der Waals surface area contributed by atoms with Crippen LogP contribution in [0.25, 0.3) is 0 Å². The molecule has 0 bridgehead atoms. The SMILES string of the molecule is COc1c(N)cccc1CC(=O)N(C)C.Cl. The topological polar surface area (TPSA) is 55.6 Å². The highest BCUT2D eigenvalue weighted by Gasteiger charge is 2.11. The minimum absolute atomic E-state index is 0. The summed E-state index contributed by atoms with van der Waals surface area (Å²) in [5, 5.41) is 0. The van der Waals surface area contributed by atoms with Crippen molar-refractivity contribution in [2.75, 3.05) is 26.9 Å². The van der Waals surface area contributed by atoms with E-state index in [1.807, 2.05) is 12.1 Å². The Hall–Kier alpha value is -1.42. The molecule has 90 valence electrons. The van der Waals surface area contributed by atoms with E-state index in [0.29, 0.717) is 17.9 Å². The largest absolute Gasteiger partial charge is 0.494 e. The molecule has 0 saturated heterocycles. The van der Waals surface area contributed by atoms with Gasteiger partial charge in [-0.05, 0) is 6.07 Å². The van der Waals surface area contributed by atoms with Crippen LogP contribution in [0.4, 0.5) is 5.69 Å². The summed E-state index contributed by atoms with van der Waals surface area (Å²) in [5.41, 5.74) is 7.11. The maximum absolute atomic E-state index is 11.5. The molecule has 0 spiro atoms. The molecule has 2 N–H and O–H groups in total. The second-order valence-electron chi connectivity index (χ2n) is 3.50. The summed E-state index contributed by atoms with van der Waals surface area (Å²) < 4.78 is 5.16. The molecule has 5 heteroatoms. The van der Waals surface area contributed by atoms with Gasteiger partial charge in [-0.25, -0.2) is 0 Å². The normalized spacial score (nSPS) is 9.19. The van der Waals surface area contributed by atoms with Gasteiger partial charge in [0.15, 0.2) is 0 Å². The quantitative estimate of drug-likeness (QED) is 0.817. The number of carbonyl (C=O) groups excluding carboxylic acids is 1. The van der Waals surface area contributed by atoms with Crippen molar-refractivity contribution in [2.24, 2.45) is 0 Å². The average Bonchev–Trinajstić information content (AvgIpc) is 2.18. The number of likely N-dealkylation sites (N-methyl/N-ethyl adjacent to an activating group) is 1. The van der Waals surface area contributed by atoms with E-state index in [1.165, 1.54) is 0 Å². The Balaban J connectivity index is 0.00000225. The van der Waals surface area contributed by atoms with Gasteiger partial charge < -0.3 is 15.4 Å². The smallest absolute Gasteiger partial charge is 0.226 e. The summed E-state index contributed by atoms with van der Waals surface area (Å²) in [6.45, 7) is 0. The van der Waals surface area contributed by atoms with Crippen molar-refractivity contribution in [3.63, 3.8) is 0 Å². The molecule has 0 fully saturated rings. The van der Waals surface area contributed by atoms with Gasteiger partial charge in [0.1, 0.15) is 5.75 Å². The van der Waals surface area contributed by atoms with Gasteiger partial charge in [0, 0.05) is 19.7 Å². The summed E-state index contributed by atoms with van der Waals surface area (Å²) in [6.07, 6.45) is 0.307. The van der Waals surface area contributed by atoms with Crippen LogP contribution in [0.15, 0.2) is 18.2 Å². The van der Waals surface area contributed by atoms with E-state index in [2.05, 4.69) is 0 Å². The van der Waals surface area contributed by atoms with Gasteiger partial charge >= 0.3 is 0 Å². The summed E-state index contributed by atoms with van der Waals surface area (Å²) in [7, 11) is 5.00. The van der Waals surface area contributed by atoms with Crippen molar-refractivity contribution in [3.05, 3.63) is 23.8 Å². The third kappa shape index (κ3) is 3.31. The molecule has 1 aromatic rings. The first kappa shape index (κ1) is 14.6. The molecule has 16 heavy (non-hydrogen) atoms. The van der Waals surface area contributed by atoms with E-state index in [1.54, 1.807) is 32.2 Å². The zero-order valence-electron chi connectivity index (χ0n) is 9.69. The molecule has 0 saturated carbocycles. The molecular weight excluding hydrogens is 228 g/mol. The van der Waals surface area contributed by atoms with Gasteiger partial charge in [-0.3, -0.25) is 4.79 Å².